The molecule has 0 saturated heterocycles. The number of nitrogens with one attached hydrogen (secondary N) is 1. The van der Waals surface area contributed by atoms with E-state index in [9.17, 15) is 4.39 Å². The normalized spacial score (nSPS) is 10.5. The summed E-state index contributed by atoms with van der Waals surface area (Å²) in [4.78, 5) is 0.268. The molecule has 5 heteroatoms. The average Bonchev–Trinajstić information content (AvgIpc) is 2.62. The van der Waals surface area contributed by atoms with E-state index in [0.717, 1.165) is 5.56 Å². The van der Waals surface area contributed by atoms with Gasteiger partial charge in [-0.1, -0.05) is 12.1 Å². The quantitative estimate of drug-likeness (QED) is 0.815. The zero-order valence-corrected chi connectivity index (χ0v) is 8.68. The van der Waals surface area contributed by atoms with Gasteiger partial charge >= 0.3 is 0 Å². The highest BCUT2D eigenvalue weighted by atomic mass is 32.1. The van der Waals surface area contributed by atoms with Gasteiger partial charge in [0.25, 0.3) is 4.84 Å². The molecule has 3 nitrogen and oxygen atoms in total. The highest BCUT2D eigenvalue weighted by Crippen LogP contribution is 2.07. The molecule has 0 radical (unpaired) electrons. The third kappa shape index (κ3) is 2.73. The van der Waals surface area contributed by atoms with Crippen LogP contribution in [0.15, 0.2) is 28.7 Å². The molecule has 0 aliphatic rings. The molecule has 0 aliphatic heterocycles. The van der Waals surface area contributed by atoms with Gasteiger partial charge in [0, 0.05) is 6.42 Å². The number of aromatic nitrogens is 2. The first-order chi connectivity index (χ1) is 7.24. The maximum Gasteiger partial charge on any atom is 0.284 e. The number of halogens is 1. The zero-order valence-electron chi connectivity index (χ0n) is 7.87. The number of H-pyrrole nitrogens is 1. The van der Waals surface area contributed by atoms with Crippen LogP contribution in [-0.2, 0) is 12.8 Å². The molecule has 1 aromatic carbocycles. The fourth-order valence-corrected chi connectivity index (χ4v) is 1.45. The second kappa shape index (κ2) is 4.35. The Bertz CT molecular complexity index is 506. The van der Waals surface area contributed by atoms with Gasteiger partial charge in [0.05, 0.1) is 0 Å². The van der Waals surface area contributed by atoms with E-state index in [2.05, 4.69) is 10.2 Å². The van der Waals surface area contributed by atoms with Crippen molar-refractivity contribution in [1.82, 2.24) is 10.2 Å². The van der Waals surface area contributed by atoms with Crippen LogP contribution in [0.2, 0.25) is 0 Å². The van der Waals surface area contributed by atoms with Crippen molar-refractivity contribution < 1.29 is 8.81 Å². The molecule has 0 saturated carbocycles. The van der Waals surface area contributed by atoms with Gasteiger partial charge in [0.2, 0.25) is 5.89 Å². The van der Waals surface area contributed by atoms with Crippen LogP contribution >= 0.6 is 12.2 Å². The van der Waals surface area contributed by atoms with Gasteiger partial charge in [-0.05, 0) is 36.3 Å². The molecule has 1 aromatic heterocycles. The van der Waals surface area contributed by atoms with Crippen LogP contribution in [0.25, 0.3) is 0 Å². The van der Waals surface area contributed by atoms with Crippen LogP contribution < -0.4 is 0 Å². The van der Waals surface area contributed by atoms with Crippen molar-refractivity contribution in [1.29, 1.82) is 0 Å². The van der Waals surface area contributed by atoms with Crippen LogP contribution in [0.5, 0.6) is 0 Å². The molecular formula is C10H9FN2OS. The lowest BCUT2D eigenvalue weighted by molar-refractivity contribution is 0.479. The summed E-state index contributed by atoms with van der Waals surface area (Å²) >= 11 is 4.74. The van der Waals surface area contributed by atoms with E-state index in [-0.39, 0.29) is 10.7 Å². The smallest absolute Gasteiger partial charge is 0.284 e. The third-order valence-corrected chi connectivity index (χ3v) is 2.17. The van der Waals surface area contributed by atoms with Crippen LogP contribution in [0.1, 0.15) is 11.5 Å². The summed E-state index contributed by atoms with van der Waals surface area (Å²) in [5.74, 6) is 0.319. The zero-order chi connectivity index (χ0) is 10.7. The van der Waals surface area contributed by atoms with E-state index in [0.29, 0.717) is 18.7 Å². The molecule has 0 atom stereocenters. The van der Waals surface area contributed by atoms with Gasteiger partial charge in [-0.3, -0.25) is 0 Å². The Kier molecular flexibility index (Phi) is 2.91. The Morgan fingerprint density at radius 1 is 1.40 bits per heavy atom. The summed E-state index contributed by atoms with van der Waals surface area (Å²) < 4.78 is 17.9. The maximum atomic E-state index is 12.8. The van der Waals surface area contributed by atoms with E-state index in [1.165, 1.54) is 12.1 Å². The van der Waals surface area contributed by atoms with Crippen molar-refractivity contribution >= 4 is 12.2 Å². The van der Waals surface area contributed by atoms with Gasteiger partial charge in [0.15, 0.2) is 0 Å². The van der Waals surface area contributed by atoms with Gasteiger partial charge in [-0.2, -0.15) is 0 Å². The number of benzene rings is 1. The first-order valence-corrected chi connectivity index (χ1v) is 4.94. The Morgan fingerprint density at radius 2 is 2.27 bits per heavy atom. The highest BCUT2D eigenvalue weighted by molar-refractivity contribution is 7.71. The van der Waals surface area contributed by atoms with Crippen LogP contribution in [-0.4, -0.2) is 10.2 Å². The van der Waals surface area contributed by atoms with Crippen LogP contribution in [0, 0.1) is 10.7 Å². The lowest BCUT2D eigenvalue weighted by atomic mass is 10.1. The number of nitrogens with zero attached hydrogens (tertiary/aromatic N) is 1. The third-order valence-electron chi connectivity index (χ3n) is 2.00. The standard InChI is InChI=1S/C10H9FN2OS/c11-8-3-1-2-7(6-8)4-5-9-12-13-10(15)14-9/h1-3,6H,4-5H2,(H,13,15). The second-order valence-electron chi connectivity index (χ2n) is 3.14. The summed E-state index contributed by atoms with van der Waals surface area (Å²) in [7, 11) is 0. The lowest BCUT2D eigenvalue weighted by Gasteiger charge is -1.97. The Balaban J connectivity index is 2.02. The summed E-state index contributed by atoms with van der Waals surface area (Å²) in [5.41, 5.74) is 0.916. The highest BCUT2D eigenvalue weighted by Gasteiger charge is 2.01. The summed E-state index contributed by atoms with van der Waals surface area (Å²) in [6, 6.07) is 6.47. The molecule has 0 aliphatic carbocycles. The van der Waals surface area contributed by atoms with E-state index in [1.807, 2.05) is 6.07 Å². The molecule has 2 rings (SSSR count). The fourth-order valence-electron chi connectivity index (χ4n) is 1.31. The monoisotopic (exact) mass is 224 g/mol. The number of aromatic amines is 1. The molecule has 0 unspecified atom stereocenters. The first-order valence-electron chi connectivity index (χ1n) is 4.53. The Labute approximate surface area is 90.9 Å². The number of rotatable bonds is 3. The Hall–Kier alpha value is -1.49. The van der Waals surface area contributed by atoms with Crippen molar-refractivity contribution in [3.05, 3.63) is 46.4 Å². The van der Waals surface area contributed by atoms with E-state index in [1.54, 1.807) is 6.07 Å². The predicted octanol–water partition coefficient (Wildman–Crippen LogP) is 2.66. The van der Waals surface area contributed by atoms with Gasteiger partial charge < -0.3 is 4.42 Å². The molecule has 2 aromatic rings. The largest absolute Gasteiger partial charge is 0.414 e. The van der Waals surface area contributed by atoms with Crippen molar-refractivity contribution in [2.75, 3.05) is 0 Å². The molecule has 0 spiro atoms. The van der Waals surface area contributed by atoms with Crippen molar-refractivity contribution in [2.24, 2.45) is 0 Å². The fraction of sp³-hybridized carbons (Fsp3) is 0.200. The molecule has 1 N–H and O–H groups in total. The minimum atomic E-state index is -0.226. The minimum absolute atomic E-state index is 0.226. The number of hydrogen-bond donors (Lipinski definition) is 1. The van der Waals surface area contributed by atoms with E-state index in [4.69, 9.17) is 16.6 Å². The topological polar surface area (TPSA) is 41.8 Å². The van der Waals surface area contributed by atoms with Crippen molar-refractivity contribution in [2.45, 2.75) is 12.8 Å². The number of hydrogen-bond acceptors (Lipinski definition) is 3. The molecule has 0 bridgehead atoms. The minimum Gasteiger partial charge on any atom is -0.414 e. The Morgan fingerprint density at radius 3 is 2.93 bits per heavy atom. The molecule has 15 heavy (non-hydrogen) atoms. The molecular weight excluding hydrogens is 215 g/mol. The van der Waals surface area contributed by atoms with Crippen LogP contribution in [0.3, 0.4) is 0 Å². The summed E-state index contributed by atoms with van der Waals surface area (Å²) in [6.45, 7) is 0. The van der Waals surface area contributed by atoms with E-state index < -0.39 is 0 Å². The first kappa shape index (κ1) is 10.0. The maximum absolute atomic E-state index is 12.8. The lowest BCUT2D eigenvalue weighted by Crippen LogP contribution is -1.92. The molecule has 78 valence electrons. The van der Waals surface area contributed by atoms with Gasteiger partial charge in [-0.25, -0.2) is 9.49 Å². The van der Waals surface area contributed by atoms with E-state index >= 15 is 0 Å². The van der Waals surface area contributed by atoms with Gasteiger partial charge in [-0.15, -0.1) is 5.10 Å². The average molecular weight is 224 g/mol. The number of aryl methyl sites for hydroxylation is 2. The molecule has 1 heterocycles. The molecule has 0 amide bonds. The summed E-state index contributed by atoms with van der Waals surface area (Å²) in [5, 5.41) is 6.40. The van der Waals surface area contributed by atoms with Gasteiger partial charge in [0.1, 0.15) is 5.82 Å². The van der Waals surface area contributed by atoms with Crippen molar-refractivity contribution in [3.8, 4) is 0 Å². The SMILES string of the molecule is Fc1cccc(CCc2n[nH]c(=S)o2)c1. The van der Waals surface area contributed by atoms with Crippen molar-refractivity contribution in [3.63, 3.8) is 0 Å². The second-order valence-corrected chi connectivity index (χ2v) is 3.51. The van der Waals surface area contributed by atoms with Crippen LogP contribution in [0.4, 0.5) is 4.39 Å². The molecule has 0 fully saturated rings. The predicted molar refractivity (Wildman–Crippen MR) is 55.5 cm³/mol. The summed E-state index contributed by atoms with van der Waals surface area (Å²) in [6.07, 6.45) is 1.29.